The third kappa shape index (κ3) is 8.22. The fourth-order valence-electron chi connectivity index (χ4n) is 10.8. The van der Waals surface area contributed by atoms with Crippen molar-refractivity contribution in [3.05, 3.63) is 94.8 Å². The Kier molecular flexibility index (Phi) is 11.8. The lowest BCUT2D eigenvalue weighted by atomic mass is 9.86. The molecule has 4 aliphatic heterocycles. The van der Waals surface area contributed by atoms with Crippen LogP contribution in [0.4, 0.5) is 34.4 Å². The summed E-state index contributed by atoms with van der Waals surface area (Å²) in [7, 11) is 3.47. The molecule has 4 aromatic rings. The molecule has 2 aromatic carbocycles. The topological polar surface area (TPSA) is 150 Å². The summed E-state index contributed by atoms with van der Waals surface area (Å²) >= 11 is 0. The lowest BCUT2D eigenvalue weighted by Gasteiger charge is -2.32. The number of hydrogen-bond donors (Lipinski definition) is 2. The molecule has 4 fully saturated rings. The van der Waals surface area contributed by atoms with E-state index in [0.717, 1.165) is 112 Å². The number of methoxy groups -OCH3 is 2. The zero-order valence-electron chi connectivity index (χ0n) is 36.9. The molecule has 0 bridgehead atoms. The van der Waals surface area contributed by atoms with Crippen LogP contribution < -0.4 is 20.4 Å². The van der Waals surface area contributed by atoms with Gasteiger partial charge in [0.2, 0.25) is 11.8 Å². The molecule has 2 aromatic heterocycles. The number of nitrogens with one attached hydrogen (secondary N) is 2. The van der Waals surface area contributed by atoms with Crippen LogP contribution in [0, 0.1) is 11.8 Å². The molecule has 2 saturated heterocycles. The molecule has 64 heavy (non-hydrogen) atoms. The second kappa shape index (κ2) is 18.0. The van der Waals surface area contributed by atoms with E-state index in [1.165, 1.54) is 0 Å². The first kappa shape index (κ1) is 42.1. The number of pyridine rings is 2. The molecule has 14 heteroatoms. The lowest BCUT2D eigenvalue weighted by Crippen LogP contribution is -2.38. The molecular weight excluding hydrogens is 809 g/mol. The average Bonchev–Trinajstić information content (AvgIpc) is 4.01. The van der Waals surface area contributed by atoms with E-state index in [1.807, 2.05) is 74.2 Å². The third-order valence-corrected chi connectivity index (χ3v) is 14.7. The zero-order chi connectivity index (χ0) is 43.9. The molecule has 2 N–H and O–H groups in total. The van der Waals surface area contributed by atoms with Crippen LogP contribution in [0.1, 0.15) is 114 Å². The summed E-state index contributed by atoms with van der Waals surface area (Å²) in [6.45, 7) is 3.23. The number of carbonyl (C=O) groups excluding carboxylic acids is 4. The van der Waals surface area contributed by atoms with Crippen LogP contribution in [0.15, 0.2) is 66.9 Å². The van der Waals surface area contributed by atoms with Gasteiger partial charge in [0.05, 0.1) is 48.0 Å². The standard InChI is InChI=1S/C50H58N8O6/c1-63-38-14-7-31(8-15-38)49(61)57-29-36-6-5-22-51-45(36)53-41-19-12-34(27-43(41)57)48(60)56-25-21-35(28-56)40-18-13-37-30-58(50(62)32-9-16-39(64-2)17-10-32)44-26-33(47(59)55-23-3-4-24-55)11-20-42(44)54-46(37)52-40/h5-6,11-13,18-20,22,26-27,31-32,35,38-39H,3-4,7-10,14-17,21,23-25,28-30H2,1-2H3,(H,51,53)(H,52,54)/t31?,32-,35?,38?,39-. The molecular formula is C50H58N8O6. The number of aromatic nitrogens is 2. The van der Waals surface area contributed by atoms with E-state index in [9.17, 15) is 19.2 Å². The number of hydrogen-bond acceptors (Lipinski definition) is 10. The van der Waals surface area contributed by atoms with Gasteiger partial charge in [-0.1, -0.05) is 12.1 Å². The van der Waals surface area contributed by atoms with Gasteiger partial charge >= 0.3 is 0 Å². The Morgan fingerprint density at radius 3 is 1.73 bits per heavy atom. The van der Waals surface area contributed by atoms with Gasteiger partial charge in [-0.05, 0) is 119 Å². The molecule has 1 atom stereocenters. The first-order valence-corrected chi connectivity index (χ1v) is 23.3. The van der Waals surface area contributed by atoms with Crippen LogP contribution in [0.25, 0.3) is 0 Å². The first-order valence-electron chi connectivity index (χ1n) is 23.3. The molecule has 0 spiro atoms. The minimum absolute atomic E-state index is 0.00342. The van der Waals surface area contributed by atoms with E-state index < -0.39 is 0 Å². The van der Waals surface area contributed by atoms with Crippen molar-refractivity contribution in [1.29, 1.82) is 0 Å². The van der Waals surface area contributed by atoms with Crippen LogP contribution in [-0.4, -0.2) is 96.0 Å². The Balaban J connectivity index is 0.889. The maximum atomic E-state index is 14.5. The predicted molar refractivity (Wildman–Crippen MR) is 244 cm³/mol. The molecule has 2 aliphatic carbocycles. The highest BCUT2D eigenvalue weighted by Gasteiger charge is 2.37. The molecule has 2 saturated carbocycles. The number of nitrogens with zero attached hydrogens (tertiary/aromatic N) is 6. The minimum Gasteiger partial charge on any atom is -0.381 e. The van der Waals surface area contributed by atoms with Crippen molar-refractivity contribution in [2.75, 3.05) is 60.8 Å². The quantitative estimate of drug-likeness (QED) is 0.188. The van der Waals surface area contributed by atoms with E-state index in [0.29, 0.717) is 60.3 Å². The molecule has 1 unspecified atom stereocenters. The van der Waals surface area contributed by atoms with E-state index >= 15 is 0 Å². The fourth-order valence-corrected chi connectivity index (χ4v) is 10.8. The van der Waals surface area contributed by atoms with Crippen molar-refractivity contribution in [2.24, 2.45) is 11.8 Å². The van der Waals surface area contributed by atoms with Gasteiger partial charge in [-0.3, -0.25) is 19.2 Å². The van der Waals surface area contributed by atoms with Gasteiger partial charge in [0.15, 0.2) is 0 Å². The van der Waals surface area contributed by atoms with Crippen LogP contribution >= 0.6 is 0 Å². The first-order chi connectivity index (χ1) is 31.2. The molecule has 4 amide bonds. The minimum atomic E-state index is -0.137. The number of fused-ring (bicyclic) bond motifs is 4. The normalized spacial score (nSPS) is 24.0. The largest absolute Gasteiger partial charge is 0.381 e. The van der Waals surface area contributed by atoms with Crippen molar-refractivity contribution < 1.29 is 28.7 Å². The van der Waals surface area contributed by atoms with Crippen LogP contribution in [0.2, 0.25) is 0 Å². The summed E-state index contributed by atoms with van der Waals surface area (Å²) in [5.74, 6) is 1.13. The summed E-state index contributed by atoms with van der Waals surface area (Å²) in [6.07, 6.45) is 11.2. The maximum Gasteiger partial charge on any atom is 0.253 e. The van der Waals surface area contributed by atoms with Crippen molar-refractivity contribution in [3.8, 4) is 0 Å². The molecule has 14 nitrogen and oxygen atoms in total. The number of rotatable bonds is 7. The van der Waals surface area contributed by atoms with Crippen LogP contribution in [-0.2, 0) is 32.2 Å². The summed E-state index contributed by atoms with van der Waals surface area (Å²) in [5, 5.41) is 7.02. The average molecular weight is 867 g/mol. The Hall–Kier alpha value is -5.86. The highest BCUT2D eigenvalue weighted by Crippen LogP contribution is 2.42. The van der Waals surface area contributed by atoms with Gasteiger partial charge in [-0.2, -0.15) is 0 Å². The molecule has 334 valence electrons. The van der Waals surface area contributed by atoms with Gasteiger partial charge in [0.1, 0.15) is 11.6 Å². The van der Waals surface area contributed by atoms with Gasteiger partial charge in [0, 0.05) is 92.3 Å². The second-order valence-corrected chi connectivity index (χ2v) is 18.5. The van der Waals surface area contributed by atoms with Gasteiger partial charge in [-0.25, -0.2) is 9.97 Å². The number of anilines is 6. The van der Waals surface area contributed by atoms with E-state index in [4.69, 9.17) is 14.5 Å². The number of likely N-dealkylation sites (tertiary alicyclic amines) is 2. The van der Waals surface area contributed by atoms with Crippen molar-refractivity contribution >= 4 is 58.0 Å². The summed E-state index contributed by atoms with van der Waals surface area (Å²) in [4.78, 5) is 74.0. The van der Waals surface area contributed by atoms with E-state index in [-0.39, 0.29) is 53.6 Å². The molecule has 6 heterocycles. The Bertz CT molecular complexity index is 2440. The Morgan fingerprint density at radius 2 is 1.16 bits per heavy atom. The van der Waals surface area contributed by atoms with Crippen molar-refractivity contribution in [3.63, 3.8) is 0 Å². The Morgan fingerprint density at radius 1 is 0.609 bits per heavy atom. The third-order valence-electron chi connectivity index (χ3n) is 14.7. The smallest absolute Gasteiger partial charge is 0.253 e. The number of ether oxygens (including phenoxy) is 2. The molecule has 6 aliphatic rings. The van der Waals surface area contributed by atoms with Gasteiger partial charge in [-0.15, -0.1) is 0 Å². The van der Waals surface area contributed by atoms with E-state index in [1.54, 1.807) is 20.4 Å². The monoisotopic (exact) mass is 866 g/mol. The van der Waals surface area contributed by atoms with Crippen molar-refractivity contribution in [2.45, 2.75) is 102 Å². The SMILES string of the molecule is COC1CCC(C(=O)N2Cc3cccnc3Nc3ccc(C(=O)N4CCC(c5ccc6c(n5)Nc5ccc(C(=O)N7CCCC7)cc5N(C(=O)[C@H]5CC[C@H](OC)CC5)C6)C4)cc32)CC1. The summed E-state index contributed by atoms with van der Waals surface area (Å²) < 4.78 is 11.2. The van der Waals surface area contributed by atoms with Gasteiger partial charge in [0.25, 0.3) is 11.8 Å². The number of benzene rings is 2. The highest BCUT2D eigenvalue weighted by molar-refractivity contribution is 6.04. The van der Waals surface area contributed by atoms with Crippen LogP contribution in [0.3, 0.4) is 0 Å². The molecule has 10 rings (SSSR count). The highest BCUT2D eigenvalue weighted by atomic mass is 16.5. The number of amides is 4. The van der Waals surface area contributed by atoms with Crippen LogP contribution in [0.5, 0.6) is 0 Å². The summed E-state index contributed by atoms with van der Waals surface area (Å²) in [6, 6.07) is 19.2. The Labute approximate surface area is 374 Å². The lowest BCUT2D eigenvalue weighted by molar-refractivity contribution is -0.125. The van der Waals surface area contributed by atoms with Crippen molar-refractivity contribution in [1.82, 2.24) is 19.8 Å². The van der Waals surface area contributed by atoms with Gasteiger partial charge < -0.3 is 39.7 Å². The fraction of sp³-hybridized carbons (Fsp3) is 0.480. The predicted octanol–water partition coefficient (Wildman–Crippen LogP) is 7.93. The number of carbonyl (C=O) groups is 4. The molecule has 0 radical (unpaired) electrons. The second-order valence-electron chi connectivity index (χ2n) is 18.5. The maximum absolute atomic E-state index is 14.5. The summed E-state index contributed by atoms with van der Waals surface area (Å²) in [5.41, 5.74) is 6.63. The van der Waals surface area contributed by atoms with E-state index in [2.05, 4.69) is 21.7 Å². The zero-order valence-corrected chi connectivity index (χ0v) is 36.9.